The van der Waals surface area contributed by atoms with E-state index in [4.69, 9.17) is 31.2 Å². The molecule has 1 fully saturated rings. The number of rotatable bonds is 8. The van der Waals surface area contributed by atoms with Crippen LogP contribution in [0.4, 0.5) is 28.0 Å². The summed E-state index contributed by atoms with van der Waals surface area (Å²) in [4.78, 5) is 25.1. The minimum atomic E-state index is -4.76. The molecular weight excluding hydrogens is 474 g/mol. The lowest BCUT2D eigenvalue weighted by molar-refractivity contribution is -0.189. The highest BCUT2D eigenvalue weighted by Gasteiger charge is 2.39. The molecule has 1 heterocycles. The van der Waals surface area contributed by atoms with Crippen molar-refractivity contribution in [2.24, 2.45) is 0 Å². The van der Waals surface area contributed by atoms with Crippen molar-refractivity contribution >= 4 is 34.4 Å². The van der Waals surface area contributed by atoms with Gasteiger partial charge in [-0.2, -0.15) is 13.2 Å². The number of halogens is 5. The van der Waals surface area contributed by atoms with E-state index in [9.17, 15) is 27.2 Å². The highest BCUT2D eigenvalue weighted by atomic mass is 35.5. The molecule has 1 aromatic carbocycles. The molecule has 8 nitrogen and oxygen atoms in total. The van der Waals surface area contributed by atoms with Crippen molar-refractivity contribution in [1.29, 1.82) is 5.41 Å². The summed E-state index contributed by atoms with van der Waals surface area (Å²) in [6, 6.07) is 0.359. The van der Waals surface area contributed by atoms with Gasteiger partial charge in [-0.1, -0.05) is 0 Å². The molecule has 1 aliphatic rings. The number of alkyl halides is 3. The first kappa shape index (κ1) is 26.8. The van der Waals surface area contributed by atoms with Crippen LogP contribution in [0.1, 0.15) is 43.5 Å². The second-order valence-electron chi connectivity index (χ2n) is 7.13. The molecule has 2 N–H and O–H groups in total. The largest absolute Gasteiger partial charge is 0.480 e. The Labute approximate surface area is 192 Å². The number of benzene rings is 1. The lowest BCUT2D eigenvalue weighted by Crippen LogP contribution is -2.42. The second-order valence-corrected chi connectivity index (χ2v) is 7.48. The Morgan fingerprint density at radius 3 is 2.61 bits per heavy atom. The lowest BCUT2D eigenvalue weighted by atomic mass is 10.1. The molecule has 0 radical (unpaired) electrons. The van der Waals surface area contributed by atoms with Crippen LogP contribution in [-0.2, 0) is 9.47 Å². The average Bonchev–Trinajstić information content (AvgIpc) is 2.74. The van der Waals surface area contributed by atoms with Gasteiger partial charge in [0.05, 0.1) is 11.3 Å². The van der Waals surface area contributed by atoms with Crippen LogP contribution in [0.3, 0.4) is 0 Å². The number of hydrogen-bond acceptors (Lipinski definition) is 6. The molecule has 2 atom stereocenters. The number of nitrogens with one attached hydrogen (secondary N) is 2. The van der Waals surface area contributed by atoms with E-state index in [2.05, 4.69) is 5.32 Å². The third kappa shape index (κ3) is 7.54. The molecule has 0 bridgehead atoms. The second kappa shape index (κ2) is 11.6. The standard InChI is InChI=1S/C20H24ClF4N3O5/c1-3-28(16(26)10-32-17-6-4-5-7-31-17)19(30)27-14-9-15(33-11(2)20(23,24)25)12(18(21)29)8-13(14)22/h8-9,11,17,26H,3-7,10H2,1-2H3,(H,27,30)/t11-,17?/m0/s1. The minimum absolute atomic E-state index is 0.0217. The summed E-state index contributed by atoms with van der Waals surface area (Å²) >= 11 is 5.33. The van der Waals surface area contributed by atoms with Gasteiger partial charge >= 0.3 is 12.2 Å². The maximum atomic E-state index is 14.5. The van der Waals surface area contributed by atoms with Gasteiger partial charge in [0.25, 0.3) is 5.24 Å². The number of carbonyl (C=O) groups excluding carboxylic acids is 2. The summed E-state index contributed by atoms with van der Waals surface area (Å²) < 4.78 is 68.7. The first-order valence-electron chi connectivity index (χ1n) is 10.1. The van der Waals surface area contributed by atoms with E-state index in [-0.39, 0.29) is 19.0 Å². The Bertz CT molecular complexity index is 878. The Balaban J connectivity index is 2.15. The zero-order valence-electron chi connectivity index (χ0n) is 17.9. The van der Waals surface area contributed by atoms with Gasteiger partial charge in [0.2, 0.25) is 0 Å². The number of nitrogens with zero attached hydrogens (tertiary/aromatic N) is 1. The van der Waals surface area contributed by atoms with E-state index in [1.54, 1.807) is 6.92 Å². The average molecular weight is 498 g/mol. The smallest absolute Gasteiger partial charge is 0.425 e. The van der Waals surface area contributed by atoms with Crippen LogP contribution in [0.25, 0.3) is 0 Å². The molecule has 184 valence electrons. The van der Waals surface area contributed by atoms with Gasteiger partial charge in [0, 0.05) is 19.2 Å². The van der Waals surface area contributed by atoms with Crippen molar-refractivity contribution in [1.82, 2.24) is 4.90 Å². The van der Waals surface area contributed by atoms with Crippen LogP contribution in [0, 0.1) is 11.2 Å². The fraction of sp³-hybridized carbons (Fsp3) is 0.550. The van der Waals surface area contributed by atoms with Crippen LogP contribution in [0.2, 0.25) is 0 Å². The van der Waals surface area contributed by atoms with Gasteiger partial charge in [-0.05, 0) is 50.8 Å². The van der Waals surface area contributed by atoms with E-state index >= 15 is 0 Å². The van der Waals surface area contributed by atoms with E-state index < -0.39 is 52.7 Å². The summed E-state index contributed by atoms with van der Waals surface area (Å²) in [5.41, 5.74) is -1.20. The number of ether oxygens (including phenoxy) is 3. The summed E-state index contributed by atoms with van der Waals surface area (Å²) in [5.74, 6) is -2.03. The Morgan fingerprint density at radius 1 is 1.36 bits per heavy atom. The lowest BCUT2D eigenvalue weighted by Gasteiger charge is -2.26. The molecule has 0 spiro atoms. The van der Waals surface area contributed by atoms with E-state index in [0.717, 1.165) is 23.8 Å². The van der Waals surface area contributed by atoms with Gasteiger partial charge in [0.15, 0.2) is 12.4 Å². The van der Waals surface area contributed by atoms with Crippen molar-refractivity contribution < 1.29 is 41.4 Å². The SMILES string of the molecule is CCN(C(=N)COC1CCCCO1)C(=O)Nc1cc(O[C@@H](C)C(F)(F)F)c(C(=O)Cl)cc1F. The zero-order chi connectivity index (χ0) is 24.8. The molecule has 0 aromatic heterocycles. The number of anilines is 1. The van der Waals surface area contributed by atoms with E-state index in [1.165, 1.54) is 0 Å². The van der Waals surface area contributed by atoms with Crippen molar-refractivity contribution in [2.75, 3.05) is 25.1 Å². The monoisotopic (exact) mass is 497 g/mol. The molecule has 0 saturated carbocycles. The fourth-order valence-electron chi connectivity index (χ4n) is 2.89. The minimum Gasteiger partial charge on any atom is -0.480 e. The fourth-order valence-corrected chi connectivity index (χ4v) is 3.04. The molecule has 2 rings (SSSR count). The topological polar surface area (TPSA) is 101 Å². The number of urea groups is 1. The Hall–Kier alpha value is -2.44. The van der Waals surface area contributed by atoms with Crippen LogP contribution >= 0.6 is 11.6 Å². The Morgan fingerprint density at radius 2 is 2.06 bits per heavy atom. The number of amides is 2. The van der Waals surface area contributed by atoms with Crippen molar-refractivity contribution in [3.05, 3.63) is 23.5 Å². The first-order valence-corrected chi connectivity index (χ1v) is 10.5. The summed E-state index contributed by atoms with van der Waals surface area (Å²) in [6.45, 7) is 2.57. The first-order chi connectivity index (χ1) is 15.4. The molecule has 0 aliphatic carbocycles. The normalized spacial score (nSPS) is 17.2. The number of hydrogen-bond donors (Lipinski definition) is 2. The van der Waals surface area contributed by atoms with Crippen molar-refractivity contribution in [2.45, 2.75) is 51.7 Å². The van der Waals surface area contributed by atoms with Gasteiger partial charge in [0.1, 0.15) is 24.0 Å². The molecule has 33 heavy (non-hydrogen) atoms. The van der Waals surface area contributed by atoms with Gasteiger partial charge in [-0.3, -0.25) is 15.1 Å². The zero-order valence-corrected chi connectivity index (χ0v) is 18.7. The van der Waals surface area contributed by atoms with Crippen molar-refractivity contribution in [3.8, 4) is 5.75 Å². The molecule has 1 aliphatic heterocycles. The van der Waals surface area contributed by atoms with Crippen LogP contribution in [-0.4, -0.2) is 60.3 Å². The molecule has 1 unspecified atom stereocenters. The number of amidine groups is 1. The predicted octanol–water partition coefficient (Wildman–Crippen LogP) is 4.91. The number of likely N-dealkylation sites (N-methyl/N-ethyl adjacent to an activating group) is 1. The molecular formula is C20H24ClF4N3O5. The van der Waals surface area contributed by atoms with Crippen molar-refractivity contribution in [3.63, 3.8) is 0 Å². The third-order valence-corrected chi connectivity index (χ3v) is 4.92. The maximum absolute atomic E-state index is 14.5. The molecule has 1 aromatic rings. The van der Waals surface area contributed by atoms with Crippen LogP contribution < -0.4 is 10.1 Å². The molecule has 13 heteroatoms. The molecule has 2 amide bonds. The predicted molar refractivity (Wildman–Crippen MR) is 111 cm³/mol. The summed E-state index contributed by atoms with van der Waals surface area (Å²) in [5, 5.41) is 9.01. The number of carbonyl (C=O) groups is 2. The maximum Gasteiger partial charge on any atom is 0.425 e. The third-order valence-electron chi connectivity index (χ3n) is 4.72. The van der Waals surface area contributed by atoms with Gasteiger partial charge in [-0.25, -0.2) is 9.18 Å². The quantitative estimate of drug-likeness (QED) is 0.230. The highest BCUT2D eigenvalue weighted by molar-refractivity contribution is 6.68. The summed E-state index contributed by atoms with van der Waals surface area (Å²) in [6.07, 6.45) is -5.11. The van der Waals surface area contributed by atoms with E-state index in [1.807, 2.05) is 0 Å². The van der Waals surface area contributed by atoms with Crippen LogP contribution in [0.5, 0.6) is 5.75 Å². The van der Waals surface area contributed by atoms with E-state index in [0.29, 0.717) is 26.0 Å². The highest BCUT2D eigenvalue weighted by Crippen LogP contribution is 2.32. The summed E-state index contributed by atoms with van der Waals surface area (Å²) in [7, 11) is 0. The molecule has 1 saturated heterocycles. The van der Waals surface area contributed by atoms with Crippen LogP contribution in [0.15, 0.2) is 12.1 Å². The van der Waals surface area contributed by atoms with Gasteiger partial charge < -0.3 is 19.5 Å². The Kier molecular flexibility index (Phi) is 9.44. The van der Waals surface area contributed by atoms with Gasteiger partial charge in [-0.15, -0.1) is 0 Å².